The number of nitrogens with zero attached hydrogens (tertiary/aromatic N) is 3. The summed E-state index contributed by atoms with van der Waals surface area (Å²) in [6, 6.07) is 0.0823. The molecule has 0 saturated carbocycles. The first-order valence-electron chi connectivity index (χ1n) is 7.30. The van der Waals surface area contributed by atoms with Crippen molar-refractivity contribution in [1.82, 2.24) is 19.4 Å². The van der Waals surface area contributed by atoms with E-state index in [1.54, 1.807) is 15.2 Å². The molecule has 6 nitrogen and oxygen atoms in total. The van der Waals surface area contributed by atoms with Gasteiger partial charge < -0.3 is 5.32 Å². The molecule has 1 N–H and O–H groups in total. The molecule has 0 spiro atoms. The summed E-state index contributed by atoms with van der Waals surface area (Å²) in [6.07, 6.45) is 6.08. The van der Waals surface area contributed by atoms with E-state index >= 15 is 0 Å². The Morgan fingerprint density at radius 3 is 2.95 bits per heavy atom. The van der Waals surface area contributed by atoms with Crippen LogP contribution in [0.5, 0.6) is 0 Å². The standard InChI is InChI=1S/C13H24N4O2S/c1-3-14-7-9-16-11-13(10-15-16)20(18,19)17-8-5-4-6-12(17)2/h10-12,14H,3-9H2,1-2H3. The van der Waals surface area contributed by atoms with Crippen LogP contribution in [0.15, 0.2) is 17.3 Å². The van der Waals surface area contributed by atoms with Gasteiger partial charge in [0.1, 0.15) is 4.90 Å². The first-order valence-corrected chi connectivity index (χ1v) is 8.74. The molecule has 1 unspecified atom stereocenters. The maximum Gasteiger partial charge on any atom is 0.246 e. The minimum absolute atomic E-state index is 0.0823. The molecule has 0 radical (unpaired) electrons. The molecule has 1 aliphatic rings. The maximum absolute atomic E-state index is 12.6. The molecule has 0 amide bonds. The van der Waals surface area contributed by atoms with Crippen LogP contribution < -0.4 is 5.32 Å². The lowest BCUT2D eigenvalue weighted by molar-refractivity contribution is 0.268. The molecule has 20 heavy (non-hydrogen) atoms. The van der Waals surface area contributed by atoms with Gasteiger partial charge >= 0.3 is 0 Å². The van der Waals surface area contributed by atoms with Gasteiger partial charge in [-0.1, -0.05) is 13.3 Å². The Hall–Kier alpha value is -0.920. The van der Waals surface area contributed by atoms with Crippen molar-refractivity contribution in [3.05, 3.63) is 12.4 Å². The first-order chi connectivity index (χ1) is 9.55. The number of piperidine rings is 1. The Labute approximate surface area is 121 Å². The van der Waals surface area contributed by atoms with Crippen molar-refractivity contribution < 1.29 is 8.42 Å². The van der Waals surface area contributed by atoms with E-state index in [0.717, 1.165) is 32.4 Å². The summed E-state index contributed by atoms with van der Waals surface area (Å²) in [5.74, 6) is 0. The van der Waals surface area contributed by atoms with Crippen LogP contribution in [0, 0.1) is 0 Å². The number of likely N-dealkylation sites (N-methyl/N-ethyl adjacent to an activating group) is 1. The van der Waals surface area contributed by atoms with E-state index in [2.05, 4.69) is 10.4 Å². The number of rotatable bonds is 6. The zero-order valence-electron chi connectivity index (χ0n) is 12.2. The Bertz CT molecular complexity index is 526. The van der Waals surface area contributed by atoms with E-state index in [1.807, 2.05) is 13.8 Å². The van der Waals surface area contributed by atoms with Crippen LogP contribution in [0.3, 0.4) is 0 Å². The molecule has 1 saturated heterocycles. The van der Waals surface area contributed by atoms with Crippen LogP contribution in [0.25, 0.3) is 0 Å². The lowest BCUT2D eigenvalue weighted by Gasteiger charge is -2.31. The van der Waals surface area contributed by atoms with E-state index in [-0.39, 0.29) is 6.04 Å². The van der Waals surface area contributed by atoms with Gasteiger partial charge in [-0.3, -0.25) is 4.68 Å². The van der Waals surface area contributed by atoms with Crippen molar-refractivity contribution in [1.29, 1.82) is 0 Å². The zero-order valence-corrected chi connectivity index (χ0v) is 13.1. The summed E-state index contributed by atoms with van der Waals surface area (Å²) in [5.41, 5.74) is 0. The smallest absolute Gasteiger partial charge is 0.246 e. The second-order valence-electron chi connectivity index (χ2n) is 5.25. The highest BCUT2D eigenvalue weighted by Crippen LogP contribution is 2.24. The van der Waals surface area contributed by atoms with Crippen LogP contribution in [-0.4, -0.2) is 48.2 Å². The van der Waals surface area contributed by atoms with Crippen molar-refractivity contribution in [2.45, 2.75) is 50.6 Å². The summed E-state index contributed by atoms with van der Waals surface area (Å²) in [7, 11) is -3.39. The summed E-state index contributed by atoms with van der Waals surface area (Å²) in [4.78, 5) is 0.308. The van der Waals surface area contributed by atoms with Gasteiger partial charge in [-0.05, 0) is 26.3 Å². The Morgan fingerprint density at radius 2 is 2.25 bits per heavy atom. The van der Waals surface area contributed by atoms with Crippen LogP contribution in [0.1, 0.15) is 33.1 Å². The van der Waals surface area contributed by atoms with Gasteiger partial charge in [0.25, 0.3) is 0 Å². The van der Waals surface area contributed by atoms with E-state index in [9.17, 15) is 8.42 Å². The van der Waals surface area contributed by atoms with Gasteiger partial charge in [-0.25, -0.2) is 8.42 Å². The predicted octanol–water partition coefficient (Wildman–Crippen LogP) is 1.06. The molecule has 1 atom stereocenters. The van der Waals surface area contributed by atoms with Crippen LogP contribution in [-0.2, 0) is 16.6 Å². The number of hydrogen-bond donors (Lipinski definition) is 1. The van der Waals surface area contributed by atoms with Gasteiger partial charge in [0.2, 0.25) is 10.0 Å². The second kappa shape index (κ2) is 6.69. The SMILES string of the molecule is CCNCCn1cc(S(=O)(=O)N2CCCCC2C)cn1. The lowest BCUT2D eigenvalue weighted by atomic mass is 10.1. The highest BCUT2D eigenvalue weighted by molar-refractivity contribution is 7.89. The number of aromatic nitrogens is 2. The molecule has 1 aliphatic heterocycles. The number of sulfonamides is 1. The summed E-state index contributed by atoms with van der Waals surface area (Å²) < 4.78 is 28.5. The van der Waals surface area contributed by atoms with Gasteiger partial charge in [0.05, 0.1) is 12.7 Å². The fourth-order valence-corrected chi connectivity index (χ4v) is 4.19. The largest absolute Gasteiger partial charge is 0.315 e. The normalized spacial score (nSPS) is 21.2. The number of nitrogens with one attached hydrogen (secondary N) is 1. The lowest BCUT2D eigenvalue weighted by Crippen LogP contribution is -2.41. The van der Waals surface area contributed by atoms with Crippen LogP contribution >= 0.6 is 0 Å². The third-order valence-electron chi connectivity index (χ3n) is 3.73. The molecule has 114 valence electrons. The topological polar surface area (TPSA) is 67.2 Å². The summed E-state index contributed by atoms with van der Waals surface area (Å²) in [6.45, 7) is 7.00. The summed E-state index contributed by atoms with van der Waals surface area (Å²) >= 11 is 0. The molecule has 1 aromatic rings. The Kier molecular flexibility index (Phi) is 5.17. The van der Waals surface area contributed by atoms with Crippen molar-refractivity contribution in [2.75, 3.05) is 19.6 Å². The summed E-state index contributed by atoms with van der Waals surface area (Å²) in [5, 5.41) is 7.34. The van der Waals surface area contributed by atoms with E-state index < -0.39 is 10.0 Å². The quantitative estimate of drug-likeness (QED) is 0.798. The highest BCUT2D eigenvalue weighted by atomic mass is 32.2. The third kappa shape index (κ3) is 3.39. The van der Waals surface area contributed by atoms with E-state index in [4.69, 9.17) is 0 Å². The van der Waals surface area contributed by atoms with Crippen LogP contribution in [0.2, 0.25) is 0 Å². The monoisotopic (exact) mass is 300 g/mol. The highest BCUT2D eigenvalue weighted by Gasteiger charge is 2.31. The molecule has 0 aliphatic carbocycles. The fraction of sp³-hybridized carbons (Fsp3) is 0.769. The fourth-order valence-electron chi connectivity index (χ4n) is 2.53. The average Bonchev–Trinajstić information content (AvgIpc) is 2.89. The van der Waals surface area contributed by atoms with Crippen molar-refractivity contribution in [3.8, 4) is 0 Å². The Balaban J connectivity index is 2.09. The first kappa shape index (κ1) is 15.5. The molecule has 2 rings (SSSR count). The molecule has 0 bridgehead atoms. The van der Waals surface area contributed by atoms with Gasteiger partial charge in [-0.2, -0.15) is 9.40 Å². The van der Waals surface area contributed by atoms with Crippen molar-refractivity contribution in [2.24, 2.45) is 0 Å². The van der Waals surface area contributed by atoms with Gasteiger partial charge in [-0.15, -0.1) is 0 Å². The molecule has 2 heterocycles. The van der Waals surface area contributed by atoms with Gasteiger partial charge in [0, 0.05) is 25.3 Å². The molecule has 0 aromatic carbocycles. The maximum atomic E-state index is 12.6. The molecular formula is C13H24N4O2S. The van der Waals surface area contributed by atoms with Crippen molar-refractivity contribution >= 4 is 10.0 Å². The van der Waals surface area contributed by atoms with E-state index in [0.29, 0.717) is 18.0 Å². The Morgan fingerprint density at radius 1 is 1.45 bits per heavy atom. The minimum atomic E-state index is -3.39. The predicted molar refractivity (Wildman–Crippen MR) is 78.0 cm³/mol. The average molecular weight is 300 g/mol. The molecule has 1 fully saturated rings. The third-order valence-corrected chi connectivity index (χ3v) is 5.69. The van der Waals surface area contributed by atoms with E-state index in [1.165, 1.54) is 6.20 Å². The molecule has 7 heteroatoms. The minimum Gasteiger partial charge on any atom is -0.315 e. The molecular weight excluding hydrogens is 276 g/mol. The van der Waals surface area contributed by atoms with Gasteiger partial charge in [0.15, 0.2) is 0 Å². The molecule has 1 aromatic heterocycles. The second-order valence-corrected chi connectivity index (χ2v) is 7.14. The van der Waals surface area contributed by atoms with Crippen LogP contribution in [0.4, 0.5) is 0 Å². The van der Waals surface area contributed by atoms with Crippen molar-refractivity contribution in [3.63, 3.8) is 0 Å². The number of hydrogen-bond acceptors (Lipinski definition) is 4. The zero-order chi connectivity index (χ0) is 14.6.